The summed E-state index contributed by atoms with van der Waals surface area (Å²) in [6, 6.07) is 10.00. The summed E-state index contributed by atoms with van der Waals surface area (Å²) in [6.45, 7) is 5.15. The monoisotopic (exact) mass is 482 g/mol. The SMILES string of the molecule is CCOCc1nc2c(N)nc3cc(-c4cccnc4)ccc3c2n1CCCCC(C)S(N)(=O)=O. The number of nitrogens with two attached hydrogens (primary N) is 2. The molecular formula is C24H30N6O3S. The first-order valence-electron chi connectivity index (χ1n) is 11.4. The van der Waals surface area contributed by atoms with Crippen molar-refractivity contribution in [2.45, 2.75) is 51.5 Å². The summed E-state index contributed by atoms with van der Waals surface area (Å²) in [4.78, 5) is 13.6. The van der Waals surface area contributed by atoms with Crippen molar-refractivity contribution in [1.82, 2.24) is 19.5 Å². The Bertz CT molecular complexity index is 1400. The van der Waals surface area contributed by atoms with Crippen LogP contribution in [0.2, 0.25) is 0 Å². The number of anilines is 1. The molecule has 0 saturated heterocycles. The molecular weight excluding hydrogens is 452 g/mol. The van der Waals surface area contributed by atoms with Crippen molar-refractivity contribution in [3.05, 3.63) is 48.5 Å². The summed E-state index contributed by atoms with van der Waals surface area (Å²) >= 11 is 0. The molecule has 4 rings (SSSR count). The molecule has 4 aromatic rings. The number of unbranched alkanes of at least 4 members (excludes halogenated alkanes) is 1. The summed E-state index contributed by atoms with van der Waals surface area (Å²) in [7, 11) is -3.52. The Morgan fingerprint density at radius 3 is 2.68 bits per heavy atom. The molecule has 1 unspecified atom stereocenters. The molecule has 0 spiro atoms. The van der Waals surface area contributed by atoms with Gasteiger partial charge in [-0.2, -0.15) is 0 Å². The van der Waals surface area contributed by atoms with Gasteiger partial charge in [0.15, 0.2) is 5.82 Å². The Balaban J connectivity index is 1.73. The molecule has 0 bridgehead atoms. The van der Waals surface area contributed by atoms with Crippen LogP contribution in [0.25, 0.3) is 33.1 Å². The fourth-order valence-corrected chi connectivity index (χ4v) is 4.58. The quantitative estimate of drug-likeness (QED) is 0.329. The van der Waals surface area contributed by atoms with Gasteiger partial charge in [0.2, 0.25) is 10.0 Å². The van der Waals surface area contributed by atoms with E-state index in [1.807, 2.05) is 43.5 Å². The number of hydrogen-bond acceptors (Lipinski definition) is 7. The Morgan fingerprint density at radius 1 is 1.15 bits per heavy atom. The van der Waals surface area contributed by atoms with E-state index in [9.17, 15) is 8.42 Å². The van der Waals surface area contributed by atoms with E-state index in [1.54, 1.807) is 13.1 Å². The van der Waals surface area contributed by atoms with Crippen molar-refractivity contribution in [2.24, 2.45) is 5.14 Å². The van der Waals surface area contributed by atoms with E-state index in [-0.39, 0.29) is 0 Å². The first kappa shape index (κ1) is 24.1. The third kappa shape index (κ3) is 5.03. The molecule has 3 aromatic heterocycles. The predicted octanol–water partition coefficient (Wildman–Crippen LogP) is 3.61. The average Bonchev–Trinajstić information content (AvgIpc) is 3.19. The maximum Gasteiger partial charge on any atom is 0.211 e. The van der Waals surface area contributed by atoms with Crippen LogP contribution in [0.1, 0.15) is 38.9 Å². The fraction of sp³-hybridized carbons (Fsp3) is 0.375. The normalized spacial score (nSPS) is 13.0. The van der Waals surface area contributed by atoms with E-state index in [0.29, 0.717) is 37.5 Å². The number of pyridine rings is 2. The molecule has 0 amide bonds. The van der Waals surface area contributed by atoms with Gasteiger partial charge in [0.1, 0.15) is 17.9 Å². The minimum atomic E-state index is -3.52. The molecule has 0 saturated carbocycles. The number of nitrogens with zero attached hydrogens (tertiary/aromatic N) is 4. The lowest BCUT2D eigenvalue weighted by Crippen LogP contribution is -2.25. The molecule has 180 valence electrons. The minimum absolute atomic E-state index is 0.355. The third-order valence-corrected chi connectivity index (χ3v) is 7.37. The molecule has 0 fully saturated rings. The smallest absolute Gasteiger partial charge is 0.211 e. The Labute approximate surface area is 199 Å². The average molecular weight is 483 g/mol. The summed E-state index contributed by atoms with van der Waals surface area (Å²) in [5, 5.41) is 5.64. The number of imidazole rings is 1. The van der Waals surface area contributed by atoms with Gasteiger partial charge < -0.3 is 15.0 Å². The Kier molecular flexibility index (Phi) is 7.11. The van der Waals surface area contributed by atoms with Gasteiger partial charge in [-0.3, -0.25) is 4.98 Å². The number of fused-ring (bicyclic) bond motifs is 3. The lowest BCUT2D eigenvalue weighted by Gasteiger charge is -2.13. The first-order valence-corrected chi connectivity index (χ1v) is 13.0. The van der Waals surface area contributed by atoms with Crippen LogP contribution in [0.15, 0.2) is 42.7 Å². The summed E-state index contributed by atoms with van der Waals surface area (Å²) in [5.41, 5.74) is 10.7. The molecule has 9 nitrogen and oxygen atoms in total. The highest BCUT2D eigenvalue weighted by atomic mass is 32.2. The second-order valence-corrected chi connectivity index (χ2v) is 10.4. The summed E-state index contributed by atoms with van der Waals surface area (Å²) in [6.07, 6.45) is 5.55. The van der Waals surface area contributed by atoms with Gasteiger partial charge >= 0.3 is 0 Å². The van der Waals surface area contributed by atoms with E-state index in [0.717, 1.165) is 46.2 Å². The predicted molar refractivity (Wildman–Crippen MR) is 134 cm³/mol. The molecule has 3 heterocycles. The molecule has 0 aliphatic heterocycles. The van der Waals surface area contributed by atoms with Gasteiger partial charge in [-0.25, -0.2) is 23.5 Å². The van der Waals surface area contributed by atoms with E-state index < -0.39 is 15.3 Å². The maximum atomic E-state index is 11.5. The van der Waals surface area contributed by atoms with Crippen LogP contribution in [0.4, 0.5) is 5.82 Å². The summed E-state index contributed by atoms with van der Waals surface area (Å²) < 4.78 is 30.9. The number of aromatic nitrogens is 4. The molecule has 0 aliphatic rings. The Morgan fingerprint density at radius 2 is 1.97 bits per heavy atom. The first-order chi connectivity index (χ1) is 16.3. The number of hydrogen-bond donors (Lipinski definition) is 2. The van der Waals surface area contributed by atoms with Crippen molar-refractivity contribution < 1.29 is 13.2 Å². The zero-order valence-electron chi connectivity index (χ0n) is 19.4. The van der Waals surface area contributed by atoms with Crippen LogP contribution in [-0.2, 0) is 27.9 Å². The topological polar surface area (TPSA) is 139 Å². The molecule has 1 atom stereocenters. The molecule has 1 aromatic carbocycles. The van der Waals surface area contributed by atoms with Gasteiger partial charge in [-0.1, -0.05) is 24.6 Å². The second kappa shape index (κ2) is 10.0. The van der Waals surface area contributed by atoms with Crippen LogP contribution in [-0.4, -0.2) is 39.8 Å². The van der Waals surface area contributed by atoms with E-state index in [2.05, 4.69) is 14.5 Å². The summed E-state index contributed by atoms with van der Waals surface area (Å²) in [5.74, 6) is 1.14. The number of benzene rings is 1. The van der Waals surface area contributed by atoms with Gasteiger partial charge in [-0.05, 0) is 44.4 Å². The Hall–Kier alpha value is -3.08. The van der Waals surface area contributed by atoms with Gasteiger partial charge in [-0.15, -0.1) is 0 Å². The van der Waals surface area contributed by atoms with Gasteiger partial charge in [0.05, 0.1) is 16.3 Å². The molecule has 0 aliphatic carbocycles. The molecule has 4 N–H and O–H groups in total. The third-order valence-electron chi connectivity index (χ3n) is 6.02. The van der Waals surface area contributed by atoms with Crippen molar-refractivity contribution in [3.8, 4) is 11.1 Å². The van der Waals surface area contributed by atoms with Crippen molar-refractivity contribution in [3.63, 3.8) is 0 Å². The van der Waals surface area contributed by atoms with Crippen LogP contribution in [0.3, 0.4) is 0 Å². The standard InChI is InChI=1S/C24H30N6O3S/c1-3-33-15-21-29-22-23(30(21)12-5-4-7-16(2)34(26,31)32)19-10-9-17(13-20(19)28-24(22)25)18-8-6-11-27-14-18/h6,8-11,13-14,16H,3-5,7,12,15H2,1-2H3,(H2,25,28)(H2,26,31,32). The zero-order valence-corrected chi connectivity index (χ0v) is 20.3. The van der Waals surface area contributed by atoms with Gasteiger partial charge in [0.25, 0.3) is 0 Å². The number of primary sulfonamides is 1. The zero-order chi connectivity index (χ0) is 24.3. The number of nitrogen functional groups attached to an aromatic ring is 1. The van der Waals surface area contributed by atoms with Gasteiger partial charge in [0, 0.05) is 36.5 Å². The minimum Gasteiger partial charge on any atom is -0.382 e. The largest absolute Gasteiger partial charge is 0.382 e. The fourth-order valence-electron chi connectivity index (χ4n) is 4.08. The van der Waals surface area contributed by atoms with E-state index in [1.165, 1.54) is 0 Å². The molecule has 0 radical (unpaired) electrons. The van der Waals surface area contributed by atoms with Crippen LogP contribution in [0, 0.1) is 0 Å². The highest BCUT2D eigenvalue weighted by Crippen LogP contribution is 2.32. The number of rotatable bonds is 10. The van der Waals surface area contributed by atoms with Crippen LogP contribution >= 0.6 is 0 Å². The van der Waals surface area contributed by atoms with E-state index in [4.69, 9.17) is 20.6 Å². The maximum absolute atomic E-state index is 11.5. The highest BCUT2D eigenvalue weighted by molar-refractivity contribution is 7.89. The number of sulfonamides is 1. The molecule has 34 heavy (non-hydrogen) atoms. The van der Waals surface area contributed by atoms with Crippen molar-refractivity contribution in [2.75, 3.05) is 12.3 Å². The second-order valence-electron chi connectivity index (χ2n) is 8.38. The van der Waals surface area contributed by atoms with Crippen molar-refractivity contribution in [1.29, 1.82) is 0 Å². The number of aryl methyl sites for hydroxylation is 1. The highest BCUT2D eigenvalue weighted by Gasteiger charge is 2.19. The van der Waals surface area contributed by atoms with Crippen molar-refractivity contribution >= 4 is 37.8 Å². The van der Waals surface area contributed by atoms with Crippen LogP contribution in [0.5, 0.6) is 0 Å². The number of ether oxygens (including phenoxy) is 1. The lowest BCUT2D eigenvalue weighted by atomic mass is 10.0. The molecule has 10 heteroatoms. The van der Waals surface area contributed by atoms with Crippen LogP contribution < -0.4 is 10.9 Å². The van der Waals surface area contributed by atoms with E-state index >= 15 is 0 Å². The lowest BCUT2D eigenvalue weighted by molar-refractivity contribution is 0.126.